The summed E-state index contributed by atoms with van der Waals surface area (Å²) in [6, 6.07) is 0. The molecule has 10 nitrogen and oxygen atoms in total. The summed E-state index contributed by atoms with van der Waals surface area (Å²) in [5.74, 6) is 0.375. The molecule has 0 aliphatic heterocycles. The maximum atomic E-state index is 14.1. The number of hydrogen-bond donors (Lipinski definition) is 1. The fourth-order valence-corrected chi connectivity index (χ4v) is 14.1. The van der Waals surface area contributed by atoms with E-state index in [1.165, 1.54) is 5.57 Å². The number of carboxylic acids is 1. The van der Waals surface area contributed by atoms with Gasteiger partial charge in [-0.15, -0.1) is 10.2 Å². The van der Waals surface area contributed by atoms with Crippen molar-refractivity contribution >= 4 is 17.7 Å². The molecule has 292 valence electrons. The minimum atomic E-state index is -0.830. The number of ether oxygens (including phenoxy) is 1. The van der Waals surface area contributed by atoms with Crippen LogP contribution in [-0.2, 0) is 24.5 Å². The van der Waals surface area contributed by atoms with Crippen molar-refractivity contribution in [3.05, 3.63) is 35.1 Å². The number of fused-ring (bicyclic) bond motifs is 7. The van der Waals surface area contributed by atoms with Gasteiger partial charge in [0.15, 0.2) is 5.78 Å². The van der Waals surface area contributed by atoms with Crippen LogP contribution in [0.5, 0.6) is 0 Å². The first-order valence-corrected chi connectivity index (χ1v) is 20.6. The Kier molecular flexibility index (Phi) is 8.36. The Labute approximate surface area is 320 Å². The Bertz CT molecular complexity index is 1930. The van der Waals surface area contributed by atoms with Gasteiger partial charge in [-0.25, -0.2) is 4.98 Å². The van der Waals surface area contributed by atoms with Crippen molar-refractivity contribution in [2.45, 2.75) is 145 Å². The topological polar surface area (TPSA) is 145 Å². The molecular weight excluding hydrogens is 681 g/mol. The van der Waals surface area contributed by atoms with Crippen LogP contribution in [0.25, 0.3) is 11.6 Å². The van der Waals surface area contributed by atoms with Crippen LogP contribution in [0.3, 0.4) is 0 Å². The van der Waals surface area contributed by atoms with E-state index in [-0.39, 0.29) is 57.3 Å². The zero-order valence-corrected chi connectivity index (χ0v) is 34.0. The third-order valence-corrected chi connectivity index (χ3v) is 17.3. The minimum absolute atomic E-state index is 0.0251. The summed E-state index contributed by atoms with van der Waals surface area (Å²) in [6.45, 7) is 22.3. The summed E-state index contributed by atoms with van der Waals surface area (Å²) >= 11 is 0. The molecule has 6 aliphatic carbocycles. The van der Waals surface area contributed by atoms with E-state index in [0.717, 1.165) is 62.6 Å². The molecule has 0 saturated heterocycles. The van der Waals surface area contributed by atoms with Gasteiger partial charge < -0.3 is 14.3 Å². The number of nitrogens with zero attached hydrogens (tertiary/aromatic N) is 4. The smallest absolute Gasteiger partial charge is 0.309 e. The number of aliphatic carboxylic acids is 1. The van der Waals surface area contributed by atoms with E-state index in [2.05, 4.69) is 68.6 Å². The maximum absolute atomic E-state index is 14.1. The van der Waals surface area contributed by atoms with Gasteiger partial charge in [0.2, 0.25) is 5.89 Å². The number of Topliss-reactive ketones (excluding diaryl/α,β-unsaturated/α-hetero) is 1. The Hall–Kier alpha value is -3.43. The lowest BCUT2D eigenvalue weighted by Crippen LogP contribution is -2.66. The molecule has 54 heavy (non-hydrogen) atoms. The number of esters is 1. The van der Waals surface area contributed by atoms with Gasteiger partial charge >= 0.3 is 11.9 Å². The monoisotopic (exact) mass is 740 g/mol. The Morgan fingerprint density at radius 3 is 2.24 bits per heavy atom. The largest absolute Gasteiger partial charge is 0.481 e. The second-order valence-corrected chi connectivity index (χ2v) is 20.5. The highest BCUT2D eigenvalue weighted by Crippen LogP contribution is 2.77. The number of carboxylic acid groups (broad SMARTS) is 1. The van der Waals surface area contributed by atoms with E-state index in [1.807, 2.05) is 20.8 Å². The maximum Gasteiger partial charge on any atom is 0.309 e. The average Bonchev–Trinajstić information content (AvgIpc) is 3.70. The highest BCUT2D eigenvalue weighted by molar-refractivity contribution is 6.01. The molecule has 6 aliphatic rings. The molecule has 0 unspecified atom stereocenters. The van der Waals surface area contributed by atoms with E-state index in [9.17, 15) is 19.5 Å². The lowest BCUT2D eigenvalue weighted by atomic mass is 9.33. The molecule has 5 saturated carbocycles. The number of ketones is 1. The fourth-order valence-electron chi connectivity index (χ4n) is 14.1. The molecule has 1 N–H and O–H groups in total. The average molecular weight is 741 g/mol. The number of hydrogen-bond acceptors (Lipinski definition) is 9. The van der Waals surface area contributed by atoms with E-state index in [1.54, 1.807) is 12.4 Å². The number of aromatic nitrogens is 4. The van der Waals surface area contributed by atoms with E-state index >= 15 is 0 Å². The molecule has 10 atom stereocenters. The Balaban J connectivity index is 1.09. The summed E-state index contributed by atoms with van der Waals surface area (Å²) < 4.78 is 12.9. The number of carbonyl (C=O) groups excluding carboxylic acids is 2. The van der Waals surface area contributed by atoms with Crippen molar-refractivity contribution < 1.29 is 28.6 Å². The van der Waals surface area contributed by atoms with Crippen LogP contribution in [0.1, 0.15) is 138 Å². The lowest BCUT2D eigenvalue weighted by Gasteiger charge is -2.72. The molecular formula is C44H60N4O6. The molecule has 5 fully saturated rings. The molecule has 8 rings (SSSR count). The van der Waals surface area contributed by atoms with Gasteiger partial charge in [-0.3, -0.25) is 19.4 Å². The molecule has 0 spiro atoms. The van der Waals surface area contributed by atoms with E-state index in [0.29, 0.717) is 42.2 Å². The third-order valence-electron chi connectivity index (χ3n) is 17.3. The lowest BCUT2D eigenvalue weighted by molar-refractivity contribution is -0.235. The second-order valence-electron chi connectivity index (χ2n) is 20.5. The van der Waals surface area contributed by atoms with Gasteiger partial charge in [0.05, 0.1) is 29.1 Å². The van der Waals surface area contributed by atoms with Gasteiger partial charge in [-0.1, -0.05) is 62.3 Å². The predicted molar refractivity (Wildman–Crippen MR) is 202 cm³/mol. The summed E-state index contributed by atoms with van der Waals surface area (Å²) in [5.41, 5.74) is 2.28. The van der Waals surface area contributed by atoms with Crippen molar-refractivity contribution in [3.63, 3.8) is 0 Å². The van der Waals surface area contributed by atoms with Gasteiger partial charge in [-0.05, 0) is 121 Å². The SMILES string of the molecule is Cc1cnc(-c2nnc([C@@]34CC[C@]5(C)[C@H](CC[C@@H]6[C@@]7(C)CC[C@H](OC(=O)[C@H]8C[C@@H](C(=O)O)C8(C)C)C(C)(C)[C@@H]7CC[C@]65C)C3=C(C(C)C)C(=O)C4)o2)cn1. The van der Waals surface area contributed by atoms with Gasteiger partial charge in [0.25, 0.3) is 5.89 Å². The summed E-state index contributed by atoms with van der Waals surface area (Å²) in [5, 5.41) is 18.8. The van der Waals surface area contributed by atoms with Gasteiger partial charge in [0.1, 0.15) is 11.8 Å². The Morgan fingerprint density at radius 2 is 1.59 bits per heavy atom. The normalized spacial score (nSPS) is 40.6. The first-order chi connectivity index (χ1) is 25.2. The summed E-state index contributed by atoms with van der Waals surface area (Å²) in [4.78, 5) is 48.4. The van der Waals surface area contributed by atoms with E-state index in [4.69, 9.17) is 9.15 Å². The van der Waals surface area contributed by atoms with Crippen molar-refractivity contribution in [1.82, 2.24) is 20.2 Å². The number of carbonyl (C=O) groups is 3. The third kappa shape index (κ3) is 4.91. The molecule has 0 aromatic carbocycles. The zero-order chi connectivity index (χ0) is 39.0. The highest BCUT2D eigenvalue weighted by atomic mass is 16.5. The highest BCUT2D eigenvalue weighted by Gasteiger charge is 2.71. The first kappa shape index (κ1) is 37.5. The van der Waals surface area contributed by atoms with Crippen molar-refractivity contribution in [2.24, 2.45) is 62.6 Å². The number of rotatable bonds is 6. The quantitative estimate of drug-likeness (QED) is 0.285. The summed E-state index contributed by atoms with van der Waals surface area (Å²) in [7, 11) is 0. The zero-order valence-electron chi connectivity index (χ0n) is 34.0. The van der Waals surface area contributed by atoms with Gasteiger partial charge in [-0.2, -0.15) is 0 Å². The molecule has 2 aromatic heterocycles. The minimum Gasteiger partial charge on any atom is -0.481 e. The van der Waals surface area contributed by atoms with Crippen LogP contribution in [0.15, 0.2) is 28.0 Å². The predicted octanol–water partition coefficient (Wildman–Crippen LogP) is 8.73. The molecule has 2 aromatic rings. The van der Waals surface area contributed by atoms with E-state index < -0.39 is 22.7 Å². The molecule has 10 heteroatoms. The van der Waals surface area contributed by atoms with Crippen LogP contribution in [0.4, 0.5) is 0 Å². The Morgan fingerprint density at radius 1 is 0.852 bits per heavy atom. The van der Waals surface area contributed by atoms with Crippen LogP contribution < -0.4 is 0 Å². The number of allylic oxidation sites excluding steroid dienone is 2. The van der Waals surface area contributed by atoms with Crippen molar-refractivity contribution in [1.29, 1.82) is 0 Å². The molecule has 0 radical (unpaired) electrons. The van der Waals surface area contributed by atoms with Crippen molar-refractivity contribution in [3.8, 4) is 11.6 Å². The van der Waals surface area contributed by atoms with Crippen LogP contribution in [0.2, 0.25) is 0 Å². The van der Waals surface area contributed by atoms with Crippen LogP contribution in [-0.4, -0.2) is 49.1 Å². The second kappa shape index (κ2) is 12.0. The molecule has 2 heterocycles. The molecule has 0 bridgehead atoms. The molecule has 0 amide bonds. The van der Waals surface area contributed by atoms with Crippen LogP contribution >= 0.6 is 0 Å². The van der Waals surface area contributed by atoms with Crippen molar-refractivity contribution in [2.75, 3.05) is 0 Å². The fraction of sp³-hybridized carbons (Fsp3) is 0.750. The van der Waals surface area contributed by atoms with Crippen LogP contribution in [0, 0.1) is 69.5 Å². The number of aryl methyl sites for hydroxylation is 1. The summed E-state index contributed by atoms with van der Waals surface area (Å²) in [6.07, 6.45) is 11.8. The first-order valence-electron chi connectivity index (χ1n) is 20.6. The van der Waals surface area contributed by atoms with Gasteiger partial charge in [0, 0.05) is 18.0 Å². The standard InChI is InChI=1S/C44H60N4O6/c1-23(2)33-29(49)20-44(38-48-47-35(54-38)28-22-45-24(3)21-46-28)18-17-42(9)25(34(33)44)11-12-31-41(8)15-14-32(40(6,7)30(41)13-16-43(31,42)10)53-37(52)27-19-26(36(50)51)39(27,4)5/h21-23,25-27,30-32H,11-20H2,1-10H3,(H,50,51)/t25-,26+,27-,30+,31-,32+,41+,42-,43-,44-/m1/s1.